The van der Waals surface area contributed by atoms with E-state index in [9.17, 15) is 0 Å². The van der Waals surface area contributed by atoms with Gasteiger partial charge >= 0.3 is 0 Å². The fraction of sp³-hybridized carbons (Fsp3) is 0.455. The van der Waals surface area contributed by atoms with Gasteiger partial charge in [0.15, 0.2) is 0 Å². The lowest BCUT2D eigenvalue weighted by molar-refractivity contribution is 0.590. The molecule has 0 aliphatic rings. The molecule has 0 fully saturated rings. The highest BCUT2D eigenvalue weighted by Crippen LogP contribution is 2.29. The Kier molecular flexibility index (Phi) is 2.91. The van der Waals surface area contributed by atoms with Crippen LogP contribution in [0.2, 0.25) is 0 Å². The molecule has 0 saturated heterocycles. The third-order valence-electron chi connectivity index (χ3n) is 2.10. The van der Waals surface area contributed by atoms with Crippen molar-refractivity contribution in [3.05, 3.63) is 23.8 Å². The van der Waals surface area contributed by atoms with Crippen molar-refractivity contribution in [3.63, 3.8) is 0 Å². The van der Waals surface area contributed by atoms with Gasteiger partial charge in [0.1, 0.15) is 0 Å². The van der Waals surface area contributed by atoms with Crippen molar-refractivity contribution in [2.24, 2.45) is 0 Å². The first kappa shape index (κ1) is 10.5. The molecule has 0 saturated carbocycles. The molecule has 2 heteroatoms. The minimum atomic E-state index is 0.186. The number of anilines is 1. The quantitative estimate of drug-likeness (QED) is 0.549. The SMILES string of the molecule is CSc1ccc(C(C)(C)C)cc1N. The number of nitrogen functional groups attached to an aromatic ring is 1. The predicted octanol–water partition coefficient (Wildman–Crippen LogP) is 3.29. The van der Waals surface area contributed by atoms with Crippen LogP contribution in [0, 0.1) is 0 Å². The number of thioether (sulfide) groups is 1. The van der Waals surface area contributed by atoms with E-state index in [4.69, 9.17) is 5.73 Å². The molecule has 0 spiro atoms. The van der Waals surface area contributed by atoms with Gasteiger partial charge in [0, 0.05) is 10.6 Å². The molecule has 0 aliphatic carbocycles. The van der Waals surface area contributed by atoms with Gasteiger partial charge in [-0.05, 0) is 29.4 Å². The van der Waals surface area contributed by atoms with Gasteiger partial charge in [-0.3, -0.25) is 0 Å². The summed E-state index contributed by atoms with van der Waals surface area (Å²) in [5, 5.41) is 0. The largest absolute Gasteiger partial charge is 0.398 e. The normalized spacial score (nSPS) is 11.7. The van der Waals surface area contributed by atoms with Crippen LogP contribution in [0.25, 0.3) is 0 Å². The monoisotopic (exact) mass is 195 g/mol. The molecular formula is C11H17NS. The summed E-state index contributed by atoms with van der Waals surface area (Å²) in [5.41, 5.74) is 8.28. The fourth-order valence-electron chi connectivity index (χ4n) is 1.20. The van der Waals surface area contributed by atoms with Crippen molar-refractivity contribution in [2.45, 2.75) is 31.1 Å². The van der Waals surface area contributed by atoms with Gasteiger partial charge in [0.05, 0.1) is 0 Å². The molecule has 0 aromatic heterocycles. The Morgan fingerprint density at radius 2 is 1.85 bits per heavy atom. The number of benzene rings is 1. The summed E-state index contributed by atoms with van der Waals surface area (Å²) in [5.74, 6) is 0. The molecule has 1 aromatic carbocycles. The Hall–Kier alpha value is -0.630. The van der Waals surface area contributed by atoms with E-state index < -0.39 is 0 Å². The lowest BCUT2D eigenvalue weighted by Crippen LogP contribution is -2.11. The first-order valence-electron chi connectivity index (χ1n) is 4.39. The Morgan fingerprint density at radius 3 is 2.23 bits per heavy atom. The number of rotatable bonds is 1. The number of hydrogen-bond acceptors (Lipinski definition) is 2. The zero-order valence-electron chi connectivity index (χ0n) is 8.72. The summed E-state index contributed by atoms with van der Waals surface area (Å²) in [4.78, 5) is 1.16. The minimum Gasteiger partial charge on any atom is -0.398 e. The molecule has 0 unspecified atom stereocenters. The second kappa shape index (κ2) is 3.62. The van der Waals surface area contributed by atoms with Crippen LogP contribution in [0.5, 0.6) is 0 Å². The third kappa shape index (κ3) is 2.41. The molecule has 72 valence electrons. The summed E-state index contributed by atoms with van der Waals surface area (Å²) in [6.07, 6.45) is 2.04. The van der Waals surface area contributed by atoms with Gasteiger partial charge in [0.2, 0.25) is 0 Å². The Labute approximate surface area is 84.7 Å². The van der Waals surface area contributed by atoms with E-state index in [2.05, 4.69) is 39.0 Å². The van der Waals surface area contributed by atoms with E-state index in [1.807, 2.05) is 6.26 Å². The second-order valence-electron chi connectivity index (χ2n) is 4.21. The molecule has 0 amide bonds. The Bertz CT molecular complexity index is 299. The fourth-order valence-corrected chi connectivity index (χ4v) is 1.70. The molecule has 1 nitrogen and oxygen atoms in total. The maximum Gasteiger partial charge on any atom is 0.0455 e. The van der Waals surface area contributed by atoms with E-state index in [1.165, 1.54) is 5.56 Å². The van der Waals surface area contributed by atoms with Crippen LogP contribution < -0.4 is 5.73 Å². The van der Waals surface area contributed by atoms with E-state index in [1.54, 1.807) is 11.8 Å². The summed E-state index contributed by atoms with van der Waals surface area (Å²) >= 11 is 1.69. The molecule has 13 heavy (non-hydrogen) atoms. The predicted molar refractivity (Wildman–Crippen MR) is 61.3 cm³/mol. The van der Waals surface area contributed by atoms with Gasteiger partial charge in [0.25, 0.3) is 0 Å². The molecule has 0 bridgehead atoms. The third-order valence-corrected chi connectivity index (χ3v) is 2.91. The van der Waals surface area contributed by atoms with Gasteiger partial charge in [-0.25, -0.2) is 0 Å². The van der Waals surface area contributed by atoms with Crippen molar-refractivity contribution in [1.82, 2.24) is 0 Å². The number of hydrogen-bond donors (Lipinski definition) is 1. The maximum atomic E-state index is 5.91. The first-order valence-corrected chi connectivity index (χ1v) is 5.61. The van der Waals surface area contributed by atoms with Crippen molar-refractivity contribution in [3.8, 4) is 0 Å². The Balaban J connectivity index is 3.10. The molecule has 0 atom stereocenters. The topological polar surface area (TPSA) is 26.0 Å². The highest BCUT2D eigenvalue weighted by Gasteiger charge is 2.14. The van der Waals surface area contributed by atoms with E-state index in [0.717, 1.165) is 10.6 Å². The maximum absolute atomic E-state index is 5.91. The van der Waals surface area contributed by atoms with Crippen molar-refractivity contribution >= 4 is 17.4 Å². The highest BCUT2D eigenvalue weighted by molar-refractivity contribution is 7.98. The zero-order valence-corrected chi connectivity index (χ0v) is 9.53. The van der Waals surface area contributed by atoms with Crippen molar-refractivity contribution < 1.29 is 0 Å². The molecule has 1 rings (SSSR count). The summed E-state index contributed by atoms with van der Waals surface area (Å²) in [6, 6.07) is 6.33. The van der Waals surface area contributed by atoms with Crippen molar-refractivity contribution in [2.75, 3.05) is 12.0 Å². The summed E-state index contributed by atoms with van der Waals surface area (Å²) in [6.45, 7) is 6.58. The van der Waals surface area contributed by atoms with Crippen LogP contribution in [0.1, 0.15) is 26.3 Å². The molecule has 0 aliphatic heterocycles. The van der Waals surface area contributed by atoms with Gasteiger partial charge in [-0.15, -0.1) is 11.8 Å². The molecule has 2 N–H and O–H groups in total. The summed E-state index contributed by atoms with van der Waals surface area (Å²) < 4.78 is 0. The van der Waals surface area contributed by atoms with Gasteiger partial charge in [-0.1, -0.05) is 26.8 Å². The first-order chi connectivity index (χ1) is 5.95. The smallest absolute Gasteiger partial charge is 0.0455 e. The number of nitrogens with two attached hydrogens (primary N) is 1. The van der Waals surface area contributed by atoms with Crippen LogP contribution in [0.3, 0.4) is 0 Å². The Morgan fingerprint density at radius 1 is 1.23 bits per heavy atom. The standard InChI is InChI=1S/C11H17NS/c1-11(2,3)8-5-6-10(13-4)9(12)7-8/h5-7H,12H2,1-4H3. The van der Waals surface area contributed by atoms with E-state index in [0.29, 0.717) is 0 Å². The highest BCUT2D eigenvalue weighted by atomic mass is 32.2. The van der Waals surface area contributed by atoms with E-state index >= 15 is 0 Å². The van der Waals surface area contributed by atoms with Crippen LogP contribution in [0.4, 0.5) is 5.69 Å². The molecule has 1 aromatic rings. The van der Waals surface area contributed by atoms with Gasteiger partial charge in [-0.2, -0.15) is 0 Å². The van der Waals surface area contributed by atoms with Crippen molar-refractivity contribution in [1.29, 1.82) is 0 Å². The zero-order chi connectivity index (χ0) is 10.1. The van der Waals surface area contributed by atoms with Crippen LogP contribution in [0.15, 0.2) is 23.1 Å². The lowest BCUT2D eigenvalue weighted by atomic mass is 9.87. The molecule has 0 heterocycles. The van der Waals surface area contributed by atoms with Crippen LogP contribution in [-0.4, -0.2) is 6.26 Å². The molecular weight excluding hydrogens is 178 g/mol. The second-order valence-corrected chi connectivity index (χ2v) is 5.05. The average molecular weight is 195 g/mol. The van der Waals surface area contributed by atoms with Crippen LogP contribution >= 0.6 is 11.8 Å². The van der Waals surface area contributed by atoms with Gasteiger partial charge < -0.3 is 5.73 Å². The molecule has 0 radical (unpaired) electrons. The van der Waals surface area contributed by atoms with Crippen LogP contribution in [-0.2, 0) is 5.41 Å². The lowest BCUT2D eigenvalue weighted by Gasteiger charge is -2.20. The minimum absolute atomic E-state index is 0.186. The summed E-state index contributed by atoms with van der Waals surface area (Å²) in [7, 11) is 0. The average Bonchev–Trinajstić information content (AvgIpc) is 2.02. The van der Waals surface area contributed by atoms with E-state index in [-0.39, 0.29) is 5.41 Å².